The molecule has 0 radical (unpaired) electrons. The van der Waals surface area contributed by atoms with Gasteiger partial charge >= 0.3 is 29.6 Å². The first kappa shape index (κ1) is 11.4. The number of hydrogen-bond acceptors (Lipinski definition) is 2. The molecule has 0 aliphatic carbocycles. The molecule has 4 nitrogen and oxygen atoms in total. The van der Waals surface area contributed by atoms with Crippen molar-refractivity contribution in [1.82, 2.24) is 0 Å². The second kappa shape index (κ2) is 5.13. The van der Waals surface area contributed by atoms with Gasteiger partial charge in [-0.1, -0.05) is 12.1 Å². The van der Waals surface area contributed by atoms with E-state index in [1.807, 2.05) is 13.0 Å². The fraction of sp³-hybridized carbons (Fsp3) is 0.143. The molecule has 1 N–H and O–H groups in total. The fourth-order valence-electron chi connectivity index (χ4n) is 0.799. The zero-order valence-corrected chi connectivity index (χ0v) is 9.06. The van der Waals surface area contributed by atoms with Gasteiger partial charge in [-0.2, -0.15) is 0 Å². The van der Waals surface area contributed by atoms with Crippen LogP contribution >= 0.6 is 0 Å². The molecule has 0 unspecified atom stereocenters. The van der Waals surface area contributed by atoms with Crippen LogP contribution in [0.5, 0.6) is 0 Å². The Hall–Kier alpha value is -0.580. The average Bonchev–Trinajstić information content (AvgIpc) is 2.03. The Labute approximate surface area is 92.4 Å². The maximum Gasteiger partial charge on any atom is 1.00 e. The maximum atomic E-state index is 10.7. The normalized spacial score (nSPS) is 10.6. The predicted molar refractivity (Wildman–Crippen MR) is 38.7 cm³/mol. The zero-order valence-electron chi connectivity index (χ0n) is 7.06. The van der Waals surface area contributed by atoms with Crippen LogP contribution in [0.2, 0.25) is 0 Å². The summed E-state index contributed by atoms with van der Waals surface area (Å²) in [5, 5.41) is 21.3. The van der Waals surface area contributed by atoms with E-state index in [9.17, 15) is 5.21 Å². The second-order valence-corrected chi connectivity index (χ2v) is 2.20. The maximum absolute atomic E-state index is 10.7. The summed E-state index contributed by atoms with van der Waals surface area (Å²) >= 11 is 0. The molecule has 0 atom stereocenters. The topological polar surface area (TPSA) is 58.7 Å². The van der Waals surface area contributed by atoms with E-state index < -0.39 is 0 Å². The molecule has 5 heteroatoms. The Bertz CT molecular complexity index is 288. The van der Waals surface area contributed by atoms with Crippen LogP contribution in [0.3, 0.4) is 0 Å². The van der Waals surface area contributed by atoms with Crippen LogP contribution in [0.25, 0.3) is 0 Å². The molecule has 1 aromatic rings. The molecule has 0 fully saturated rings. The number of rotatable bonds is 1. The molecule has 1 aromatic carbocycles. The van der Waals surface area contributed by atoms with Crippen LogP contribution in [-0.2, 0) is 0 Å². The average molecular weight is 175 g/mol. The van der Waals surface area contributed by atoms with Gasteiger partial charge < -0.3 is 10.4 Å². The van der Waals surface area contributed by atoms with E-state index in [4.69, 9.17) is 5.21 Å². The van der Waals surface area contributed by atoms with Crippen LogP contribution in [-0.4, -0.2) is 10.1 Å². The molecule has 0 spiro atoms. The molecule has 12 heavy (non-hydrogen) atoms. The van der Waals surface area contributed by atoms with Crippen molar-refractivity contribution in [3.8, 4) is 0 Å². The van der Waals surface area contributed by atoms with Gasteiger partial charge in [0.05, 0.1) is 0 Å². The monoisotopic (exact) mass is 175 g/mol. The van der Waals surface area contributed by atoms with E-state index in [0.717, 1.165) is 5.56 Å². The molecule has 0 saturated carbocycles. The quantitative estimate of drug-likeness (QED) is 0.257. The number of hydrogen-bond donors (Lipinski definition) is 1. The Kier molecular flexibility index (Phi) is 4.89. The summed E-state index contributed by atoms with van der Waals surface area (Å²) in [4.78, 5) is 0.160. The Morgan fingerprint density at radius 1 is 1.50 bits per heavy atom. The van der Waals surface area contributed by atoms with Crippen molar-refractivity contribution in [1.29, 1.82) is 0 Å². The molecule has 0 saturated heterocycles. The molecule has 0 aromatic heterocycles. The zero-order chi connectivity index (χ0) is 8.27. The summed E-state index contributed by atoms with van der Waals surface area (Å²) in [6, 6.07) is 6.78. The molecule has 0 aliphatic rings. The SMILES string of the molecule is Cc1cccc([N+]([O-])=NO)c1.[Na+]. The minimum absolute atomic E-state index is 0. The van der Waals surface area contributed by atoms with Crippen LogP contribution in [0.1, 0.15) is 5.56 Å². The molecule has 0 heterocycles. The van der Waals surface area contributed by atoms with E-state index in [2.05, 4.69) is 5.28 Å². The largest absolute Gasteiger partial charge is 1.00 e. The summed E-state index contributed by atoms with van der Waals surface area (Å²) in [7, 11) is 0. The smallest absolute Gasteiger partial charge is 0.592 e. The van der Waals surface area contributed by atoms with Gasteiger partial charge in [0, 0.05) is 12.1 Å². The Morgan fingerprint density at radius 2 is 2.17 bits per heavy atom. The number of nitrogens with zero attached hydrogens (tertiary/aromatic N) is 2. The third-order valence-corrected chi connectivity index (χ3v) is 1.30. The van der Waals surface area contributed by atoms with Gasteiger partial charge in [-0.3, -0.25) is 0 Å². The second-order valence-electron chi connectivity index (χ2n) is 2.20. The van der Waals surface area contributed by atoms with Gasteiger partial charge in [-0.05, 0) is 17.3 Å². The van der Waals surface area contributed by atoms with Crippen molar-refractivity contribution in [3.05, 3.63) is 35.0 Å². The van der Waals surface area contributed by atoms with Gasteiger partial charge in [0.25, 0.3) is 0 Å². The first-order chi connectivity index (χ1) is 5.24. The van der Waals surface area contributed by atoms with Crippen molar-refractivity contribution in [2.75, 3.05) is 0 Å². The van der Waals surface area contributed by atoms with Crippen LogP contribution in [0, 0.1) is 12.1 Å². The third kappa shape index (κ3) is 2.81. The van der Waals surface area contributed by atoms with Crippen molar-refractivity contribution in [2.45, 2.75) is 6.92 Å². The summed E-state index contributed by atoms with van der Waals surface area (Å²) in [6.45, 7) is 1.86. The first-order valence-corrected chi connectivity index (χ1v) is 3.13. The molecular weight excluding hydrogens is 167 g/mol. The number of aryl methyl sites for hydroxylation is 1. The van der Waals surface area contributed by atoms with E-state index in [1.165, 1.54) is 0 Å². The fourth-order valence-corrected chi connectivity index (χ4v) is 0.799. The van der Waals surface area contributed by atoms with E-state index >= 15 is 0 Å². The summed E-state index contributed by atoms with van der Waals surface area (Å²) in [5.74, 6) is 0. The van der Waals surface area contributed by atoms with Crippen molar-refractivity contribution in [3.63, 3.8) is 0 Å². The molecule has 0 bridgehead atoms. The third-order valence-electron chi connectivity index (χ3n) is 1.30. The summed E-state index contributed by atoms with van der Waals surface area (Å²) in [5.41, 5.74) is 1.28. The van der Waals surface area contributed by atoms with Crippen LogP contribution in [0.4, 0.5) is 5.69 Å². The van der Waals surface area contributed by atoms with Gasteiger partial charge in [0.15, 0.2) is 0 Å². The van der Waals surface area contributed by atoms with Gasteiger partial charge in [0.2, 0.25) is 11.0 Å². The van der Waals surface area contributed by atoms with Crippen molar-refractivity contribution >= 4 is 5.69 Å². The standard InChI is InChI=1S/C7H8N2O2.Na/c1-6-3-2-4-7(5-6)9(11)8-10;/h2-5,10H,1H3;/q;+1. The summed E-state index contributed by atoms with van der Waals surface area (Å²) in [6.07, 6.45) is 0. The van der Waals surface area contributed by atoms with E-state index in [1.54, 1.807) is 18.2 Å². The first-order valence-electron chi connectivity index (χ1n) is 3.13. The van der Waals surface area contributed by atoms with Crippen LogP contribution < -0.4 is 29.6 Å². The molecule has 1 rings (SSSR count). The molecule has 58 valence electrons. The van der Waals surface area contributed by atoms with Crippen molar-refractivity contribution in [2.24, 2.45) is 5.28 Å². The predicted octanol–water partition coefficient (Wildman–Crippen LogP) is -1.02. The Morgan fingerprint density at radius 3 is 2.67 bits per heavy atom. The van der Waals surface area contributed by atoms with E-state index in [0.29, 0.717) is 5.69 Å². The summed E-state index contributed by atoms with van der Waals surface area (Å²) < 4.78 is 0. The Balaban J connectivity index is 0.00000121. The van der Waals surface area contributed by atoms with E-state index in [-0.39, 0.29) is 34.4 Å². The van der Waals surface area contributed by atoms with Gasteiger partial charge in [0.1, 0.15) is 0 Å². The van der Waals surface area contributed by atoms with Crippen molar-refractivity contribution < 1.29 is 39.6 Å². The number of benzene rings is 1. The molecule has 0 aliphatic heterocycles. The minimum atomic E-state index is 0. The van der Waals surface area contributed by atoms with Gasteiger partial charge in [-0.25, -0.2) is 0 Å². The van der Waals surface area contributed by atoms with Gasteiger partial charge in [-0.15, -0.1) is 0 Å². The molecule has 0 amide bonds. The molecular formula is C7H8N2NaO2+. The van der Waals surface area contributed by atoms with Crippen LogP contribution in [0.15, 0.2) is 29.5 Å². The minimum Gasteiger partial charge on any atom is -0.592 e.